The van der Waals surface area contributed by atoms with Crippen LogP contribution in [-0.4, -0.2) is 0 Å². The fourth-order valence-electron chi connectivity index (χ4n) is 0.856. The van der Waals surface area contributed by atoms with Gasteiger partial charge in [0, 0.05) is 0 Å². The fourth-order valence-corrected chi connectivity index (χ4v) is 0.856. The molecule has 0 unspecified atom stereocenters. The third kappa shape index (κ3) is 6.58. The zero-order chi connectivity index (χ0) is 7.66. The van der Waals surface area contributed by atoms with Gasteiger partial charge in [-0.2, -0.15) is 0 Å². The molecule has 0 bridgehead atoms. The Morgan fingerprint density at radius 1 is 0.700 bits per heavy atom. The van der Waals surface area contributed by atoms with E-state index < -0.39 is 0 Å². The Labute approximate surface area is 78.2 Å². The molecule has 0 aliphatic heterocycles. The van der Waals surface area contributed by atoms with Crippen molar-refractivity contribution in [2.24, 2.45) is 0 Å². The summed E-state index contributed by atoms with van der Waals surface area (Å²) in [6, 6.07) is 0. The normalized spacial score (nSPS) is 16.7. The molecular formula is C8H12ClPt. The van der Waals surface area contributed by atoms with Crippen molar-refractivity contribution < 1.29 is 18.8 Å². The summed E-state index contributed by atoms with van der Waals surface area (Å²) in [5.41, 5.74) is 0. The standard InChI is InChI=1S/C8H12.ClH.Pt/c1-2-4-6-8-7-5-3-1;;/h1-2,7-8H,3-6H2;1H;/q;;+1/p-1. The average Bonchev–Trinajstić information content (AvgIpc) is 1.90. The van der Waals surface area contributed by atoms with Gasteiger partial charge in [-0.15, -0.1) is 0 Å². The molecule has 1 rings (SSSR count). The van der Waals surface area contributed by atoms with Crippen molar-refractivity contribution in [2.75, 3.05) is 0 Å². The van der Waals surface area contributed by atoms with Crippen LogP contribution < -0.4 is 0 Å². The summed E-state index contributed by atoms with van der Waals surface area (Å²) in [6.07, 6.45) is 14.0. The minimum absolute atomic E-state index is 1.23. The first-order valence-electron chi connectivity index (χ1n) is 3.42. The molecule has 1 aliphatic rings. The van der Waals surface area contributed by atoms with E-state index in [9.17, 15) is 0 Å². The van der Waals surface area contributed by atoms with Crippen molar-refractivity contribution in [2.45, 2.75) is 25.7 Å². The first kappa shape index (κ1) is 10.5. The van der Waals surface area contributed by atoms with Crippen LogP contribution in [0.2, 0.25) is 0 Å². The van der Waals surface area contributed by atoms with Crippen molar-refractivity contribution in [3.8, 4) is 0 Å². The second kappa shape index (κ2) is 9.46. The molecule has 0 saturated carbocycles. The fraction of sp³-hybridized carbons (Fsp3) is 0.500. The van der Waals surface area contributed by atoms with Gasteiger partial charge in [0.2, 0.25) is 0 Å². The number of hydrogen-bond donors (Lipinski definition) is 0. The monoisotopic (exact) mass is 338 g/mol. The van der Waals surface area contributed by atoms with Gasteiger partial charge in [0.15, 0.2) is 0 Å². The van der Waals surface area contributed by atoms with Crippen LogP contribution >= 0.6 is 9.42 Å². The molecule has 0 spiro atoms. The minimum atomic E-state index is 1.23. The molecule has 0 radical (unpaired) electrons. The molecule has 0 aromatic carbocycles. The van der Waals surface area contributed by atoms with Gasteiger partial charge in [-0.05, 0) is 25.7 Å². The van der Waals surface area contributed by atoms with E-state index in [1.165, 1.54) is 25.7 Å². The van der Waals surface area contributed by atoms with Crippen LogP contribution in [0.3, 0.4) is 0 Å². The van der Waals surface area contributed by atoms with Gasteiger partial charge in [-0.25, -0.2) is 0 Å². The van der Waals surface area contributed by atoms with Crippen molar-refractivity contribution in [1.29, 1.82) is 0 Å². The van der Waals surface area contributed by atoms with Gasteiger partial charge >= 0.3 is 28.2 Å². The zero-order valence-corrected chi connectivity index (χ0v) is 8.86. The van der Waals surface area contributed by atoms with Crippen LogP contribution in [0.25, 0.3) is 0 Å². The van der Waals surface area contributed by atoms with E-state index in [4.69, 9.17) is 0 Å². The van der Waals surface area contributed by atoms with Crippen LogP contribution in [0.15, 0.2) is 24.3 Å². The topological polar surface area (TPSA) is 0 Å². The van der Waals surface area contributed by atoms with Gasteiger partial charge in [-0.1, -0.05) is 24.3 Å². The number of allylic oxidation sites excluding steroid dienone is 4. The predicted octanol–water partition coefficient (Wildman–Crippen LogP) is 3.36. The van der Waals surface area contributed by atoms with Gasteiger partial charge in [0.25, 0.3) is 0 Å². The third-order valence-electron chi connectivity index (χ3n) is 1.33. The quantitative estimate of drug-likeness (QED) is 0.594. The number of halogens is 1. The Balaban J connectivity index is 0.000000371. The summed E-state index contributed by atoms with van der Waals surface area (Å²) >= 11 is 1.61. The molecule has 0 amide bonds. The first-order chi connectivity index (χ1) is 5.00. The molecule has 1 aliphatic carbocycles. The number of rotatable bonds is 0. The second-order valence-electron chi connectivity index (χ2n) is 2.10. The molecule has 0 nitrogen and oxygen atoms in total. The molecule has 2 heteroatoms. The Kier molecular flexibility index (Phi) is 9.89. The Morgan fingerprint density at radius 3 is 1.10 bits per heavy atom. The van der Waals surface area contributed by atoms with E-state index in [1.807, 2.05) is 0 Å². The molecule has 0 aromatic heterocycles. The summed E-state index contributed by atoms with van der Waals surface area (Å²) in [6.45, 7) is 0. The predicted molar refractivity (Wildman–Crippen MR) is 42.6 cm³/mol. The first-order valence-corrected chi connectivity index (χ1v) is 6.23. The Bertz CT molecular complexity index is 81.8. The van der Waals surface area contributed by atoms with Crippen LogP contribution in [0, 0.1) is 0 Å². The van der Waals surface area contributed by atoms with Crippen LogP contribution in [0.5, 0.6) is 0 Å². The van der Waals surface area contributed by atoms with E-state index >= 15 is 0 Å². The molecule has 0 aromatic rings. The van der Waals surface area contributed by atoms with E-state index in [0.29, 0.717) is 0 Å². The van der Waals surface area contributed by atoms with Crippen molar-refractivity contribution in [3.05, 3.63) is 24.3 Å². The van der Waals surface area contributed by atoms with E-state index in [0.717, 1.165) is 0 Å². The van der Waals surface area contributed by atoms with E-state index in [1.54, 1.807) is 18.8 Å². The van der Waals surface area contributed by atoms with Crippen LogP contribution in [-0.2, 0) is 18.8 Å². The van der Waals surface area contributed by atoms with Gasteiger partial charge in [0.05, 0.1) is 0 Å². The van der Waals surface area contributed by atoms with Gasteiger partial charge in [0.1, 0.15) is 0 Å². The molecule has 10 heavy (non-hydrogen) atoms. The van der Waals surface area contributed by atoms with E-state index in [-0.39, 0.29) is 0 Å². The summed E-state index contributed by atoms with van der Waals surface area (Å²) in [5.74, 6) is 0. The summed E-state index contributed by atoms with van der Waals surface area (Å²) in [4.78, 5) is 0. The summed E-state index contributed by atoms with van der Waals surface area (Å²) < 4.78 is 0. The van der Waals surface area contributed by atoms with Gasteiger partial charge in [-0.3, -0.25) is 0 Å². The molecule has 0 heterocycles. The maximum absolute atomic E-state index is 4.61. The maximum atomic E-state index is 4.61. The second-order valence-corrected chi connectivity index (χ2v) is 2.10. The van der Waals surface area contributed by atoms with Crippen LogP contribution in [0.1, 0.15) is 25.7 Å². The number of hydrogen-bond acceptors (Lipinski definition) is 0. The third-order valence-corrected chi connectivity index (χ3v) is 1.33. The summed E-state index contributed by atoms with van der Waals surface area (Å²) in [5, 5.41) is 0. The Morgan fingerprint density at radius 2 is 0.900 bits per heavy atom. The Hall–Kier alpha value is 0.458. The summed E-state index contributed by atoms with van der Waals surface area (Å²) in [7, 11) is 4.61. The molecule has 0 atom stereocenters. The van der Waals surface area contributed by atoms with Gasteiger partial charge < -0.3 is 0 Å². The van der Waals surface area contributed by atoms with Crippen molar-refractivity contribution >= 4 is 9.42 Å². The average molecular weight is 339 g/mol. The van der Waals surface area contributed by atoms with E-state index in [2.05, 4.69) is 33.7 Å². The molecule has 0 fully saturated rings. The molecule has 0 N–H and O–H groups in total. The molecule has 0 saturated heterocycles. The molecular weight excluding hydrogens is 327 g/mol. The van der Waals surface area contributed by atoms with Crippen molar-refractivity contribution in [1.82, 2.24) is 0 Å². The zero-order valence-electron chi connectivity index (χ0n) is 5.83. The SMILES string of the molecule is C1=CCCC=CCC1.[Cl][Pt]. The van der Waals surface area contributed by atoms with Crippen molar-refractivity contribution in [3.63, 3.8) is 0 Å². The van der Waals surface area contributed by atoms with Crippen LogP contribution in [0.4, 0.5) is 0 Å². The molecule has 61 valence electrons.